The maximum absolute atomic E-state index is 12.6. The molecule has 1 amide bonds. The van der Waals surface area contributed by atoms with Crippen LogP contribution in [0.2, 0.25) is 0 Å². The maximum atomic E-state index is 12.6. The Morgan fingerprint density at radius 2 is 1.85 bits per heavy atom. The summed E-state index contributed by atoms with van der Waals surface area (Å²) in [6, 6.07) is 19.5. The molecule has 2 N–H and O–H groups in total. The Balaban J connectivity index is 1.84. The van der Waals surface area contributed by atoms with E-state index in [4.69, 9.17) is 9.47 Å². The van der Waals surface area contributed by atoms with E-state index in [-0.39, 0.29) is 11.3 Å². The van der Waals surface area contributed by atoms with Crippen LogP contribution in [0, 0.1) is 18.3 Å². The summed E-state index contributed by atoms with van der Waals surface area (Å²) in [7, 11) is 0. The van der Waals surface area contributed by atoms with Gasteiger partial charge >= 0.3 is 0 Å². The molecule has 0 aromatic heterocycles. The molecule has 0 radical (unpaired) electrons. The zero-order valence-electron chi connectivity index (χ0n) is 18.3. The van der Waals surface area contributed by atoms with Gasteiger partial charge in [0.15, 0.2) is 11.5 Å². The Morgan fingerprint density at radius 3 is 2.52 bits per heavy atom. The molecule has 0 unspecified atom stereocenters. The van der Waals surface area contributed by atoms with Crippen molar-refractivity contribution < 1.29 is 19.4 Å². The van der Waals surface area contributed by atoms with Gasteiger partial charge in [0.05, 0.1) is 6.61 Å². The minimum absolute atomic E-state index is 0.0837. The van der Waals surface area contributed by atoms with E-state index < -0.39 is 5.91 Å². The lowest BCUT2D eigenvalue weighted by atomic mass is 10.1. The largest absolute Gasteiger partial charge is 0.508 e. The highest BCUT2D eigenvalue weighted by Gasteiger charge is 2.14. The number of ether oxygens (including phenoxy) is 2. The lowest BCUT2D eigenvalue weighted by Gasteiger charge is -2.14. The first-order valence-corrected chi connectivity index (χ1v) is 11.1. The molecule has 0 spiro atoms. The van der Waals surface area contributed by atoms with Crippen molar-refractivity contribution in [2.75, 3.05) is 11.9 Å². The first-order chi connectivity index (χ1) is 15.9. The zero-order valence-corrected chi connectivity index (χ0v) is 19.8. The number of hydrogen-bond donors (Lipinski definition) is 2. The molecule has 3 aromatic rings. The molecule has 0 aliphatic rings. The van der Waals surface area contributed by atoms with E-state index in [1.54, 1.807) is 24.3 Å². The van der Waals surface area contributed by atoms with Crippen molar-refractivity contribution in [1.82, 2.24) is 0 Å². The van der Waals surface area contributed by atoms with Crippen LogP contribution >= 0.6 is 15.9 Å². The topological polar surface area (TPSA) is 91.6 Å². The van der Waals surface area contributed by atoms with Crippen LogP contribution < -0.4 is 14.8 Å². The molecule has 0 saturated heterocycles. The van der Waals surface area contributed by atoms with Gasteiger partial charge in [-0.05, 0) is 67.4 Å². The number of nitrogens with one attached hydrogen (secondary N) is 1. The van der Waals surface area contributed by atoms with Gasteiger partial charge in [-0.3, -0.25) is 4.79 Å². The number of anilines is 1. The molecular weight excluding hydrogens is 484 g/mol. The molecule has 0 atom stereocenters. The molecule has 0 aliphatic carbocycles. The van der Waals surface area contributed by atoms with Gasteiger partial charge < -0.3 is 19.9 Å². The minimum atomic E-state index is -0.562. The Hall–Kier alpha value is -3.76. The van der Waals surface area contributed by atoms with E-state index in [1.807, 2.05) is 38.1 Å². The fourth-order valence-electron chi connectivity index (χ4n) is 3.05. The zero-order chi connectivity index (χ0) is 23.8. The maximum Gasteiger partial charge on any atom is 0.266 e. The summed E-state index contributed by atoms with van der Waals surface area (Å²) in [5.41, 5.74) is 3.17. The number of phenolic OH excluding ortho intramolecular Hbond substituents is 1. The van der Waals surface area contributed by atoms with Crippen LogP contribution in [0.1, 0.15) is 23.6 Å². The third-order valence-electron chi connectivity index (χ3n) is 4.63. The van der Waals surface area contributed by atoms with Crippen molar-refractivity contribution in [2.24, 2.45) is 0 Å². The van der Waals surface area contributed by atoms with Gasteiger partial charge in [0.1, 0.15) is 24.0 Å². The van der Waals surface area contributed by atoms with Crippen molar-refractivity contribution in [1.29, 1.82) is 5.26 Å². The minimum Gasteiger partial charge on any atom is -0.508 e. The number of amides is 1. The molecule has 168 valence electrons. The first-order valence-electron chi connectivity index (χ1n) is 10.3. The van der Waals surface area contributed by atoms with Crippen LogP contribution in [0.5, 0.6) is 17.2 Å². The average molecular weight is 507 g/mol. The molecule has 3 aromatic carbocycles. The van der Waals surface area contributed by atoms with Crippen molar-refractivity contribution in [3.05, 3.63) is 87.4 Å². The normalized spacial score (nSPS) is 10.9. The molecule has 33 heavy (non-hydrogen) atoms. The van der Waals surface area contributed by atoms with E-state index in [0.29, 0.717) is 40.4 Å². The number of carbonyl (C=O) groups excluding carboxylic acids is 1. The Morgan fingerprint density at radius 1 is 1.12 bits per heavy atom. The van der Waals surface area contributed by atoms with Crippen molar-refractivity contribution in [3.8, 4) is 23.3 Å². The third-order valence-corrected chi connectivity index (χ3v) is 5.32. The van der Waals surface area contributed by atoms with E-state index in [2.05, 4.69) is 27.3 Å². The van der Waals surface area contributed by atoms with Gasteiger partial charge in [-0.2, -0.15) is 5.26 Å². The quantitative estimate of drug-likeness (QED) is 0.222. The SMILES string of the molecule is CCOc1cc(/C=C(\C#N)C(=O)Nc2ccc(O)cc2)c(Br)cc1OCc1cccc(C)c1. The number of phenols is 1. The van der Waals surface area contributed by atoms with Crippen molar-refractivity contribution >= 4 is 33.6 Å². The third kappa shape index (κ3) is 6.61. The van der Waals surface area contributed by atoms with Crippen LogP contribution in [-0.2, 0) is 11.4 Å². The van der Waals surface area contributed by atoms with Crippen LogP contribution in [-0.4, -0.2) is 17.6 Å². The van der Waals surface area contributed by atoms with Crippen molar-refractivity contribution in [3.63, 3.8) is 0 Å². The summed E-state index contributed by atoms with van der Waals surface area (Å²) in [5.74, 6) is 0.583. The highest BCUT2D eigenvalue weighted by atomic mass is 79.9. The predicted molar refractivity (Wildman–Crippen MR) is 131 cm³/mol. The fourth-order valence-corrected chi connectivity index (χ4v) is 3.49. The van der Waals surface area contributed by atoms with E-state index >= 15 is 0 Å². The van der Waals surface area contributed by atoms with E-state index in [1.165, 1.54) is 18.2 Å². The number of aryl methyl sites for hydroxylation is 1. The number of nitrogens with zero attached hydrogens (tertiary/aromatic N) is 1. The summed E-state index contributed by atoms with van der Waals surface area (Å²) in [5, 5.41) is 21.6. The lowest BCUT2D eigenvalue weighted by Crippen LogP contribution is -2.13. The number of benzene rings is 3. The van der Waals surface area contributed by atoms with Gasteiger partial charge in [-0.25, -0.2) is 0 Å². The number of aromatic hydroxyl groups is 1. The fraction of sp³-hybridized carbons (Fsp3) is 0.154. The molecule has 0 heterocycles. The first kappa shape index (κ1) is 23.9. The Labute approximate surface area is 201 Å². The number of hydrogen-bond acceptors (Lipinski definition) is 5. The smallest absolute Gasteiger partial charge is 0.266 e. The lowest BCUT2D eigenvalue weighted by molar-refractivity contribution is -0.112. The molecular formula is C26H23BrN2O4. The predicted octanol–water partition coefficient (Wildman–Crippen LogP) is 5.99. The van der Waals surface area contributed by atoms with E-state index in [0.717, 1.165) is 11.1 Å². The molecule has 0 aliphatic heterocycles. The number of rotatable bonds is 8. The summed E-state index contributed by atoms with van der Waals surface area (Å²) < 4.78 is 12.4. The number of carbonyl (C=O) groups is 1. The Bertz CT molecular complexity index is 1210. The molecule has 7 heteroatoms. The van der Waals surface area contributed by atoms with Crippen LogP contribution in [0.4, 0.5) is 5.69 Å². The van der Waals surface area contributed by atoms with Gasteiger partial charge in [0.2, 0.25) is 0 Å². The average Bonchev–Trinajstić information content (AvgIpc) is 2.79. The Kier molecular flexibility index (Phi) is 8.11. The second-order valence-electron chi connectivity index (χ2n) is 7.20. The van der Waals surface area contributed by atoms with Gasteiger partial charge in [-0.15, -0.1) is 0 Å². The van der Waals surface area contributed by atoms with Gasteiger partial charge in [-0.1, -0.05) is 45.8 Å². The van der Waals surface area contributed by atoms with Gasteiger partial charge in [0, 0.05) is 10.2 Å². The summed E-state index contributed by atoms with van der Waals surface area (Å²) >= 11 is 3.50. The van der Waals surface area contributed by atoms with Crippen molar-refractivity contribution in [2.45, 2.75) is 20.5 Å². The summed E-state index contributed by atoms with van der Waals surface area (Å²) in [6.07, 6.45) is 1.48. The standard InChI is InChI=1S/C26H23BrN2O4/c1-3-32-24-13-19(12-20(15-28)26(31)29-21-7-9-22(30)10-8-21)23(27)14-25(24)33-16-18-6-4-5-17(2)11-18/h4-14,30H,3,16H2,1-2H3,(H,29,31)/b20-12+. The monoisotopic (exact) mass is 506 g/mol. The highest BCUT2D eigenvalue weighted by Crippen LogP contribution is 2.35. The van der Waals surface area contributed by atoms with Crippen LogP contribution in [0.25, 0.3) is 6.08 Å². The molecule has 0 fully saturated rings. The van der Waals surface area contributed by atoms with E-state index in [9.17, 15) is 15.2 Å². The molecule has 6 nitrogen and oxygen atoms in total. The summed E-state index contributed by atoms with van der Waals surface area (Å²) in [6.45, 7) is 4.70. The van der Waals surface area contributed by atoms with Gasteiger partial charge in [0.25, 0.3) is 5.91 Å². The summed E-state index contributed by atoms with van der Waals surface area (Å²) in [4.78, 5) is 12.6. The number of halogens is 1. The number of nitriles is 1. The highest BCUT2D eigenvalue weighted by molar-refractivity contribution is 9.10. The van der Waals surface area contributed by atoms with Crippen LogP contribution in [0.3, 0.4) is 0 Å². The molecule has 0 saturated carbocycles. The van der Waals surface area contributed by atoms with Crippen LogP contribution in [0.15, 0.2) is 70.7 Å². The second-order valence-corrected chi connectivity index (χ2v) is 8.06. The molecule has 3 rings (SSSR count). The molecule has 0 bridgehead atoms. The second kappa shape index (κ2) is 11.2.